The van der Waals surface area contributed by atoms with Gasteiger partial charge in [0.25, 0.3) is 0 Å². The molecule has 1 aliphatic rings. The highest BCUT2D eigenvalue weighted by molar-refractivity contribution is 5.81. The van der Waals surface area contributed by atoms with Crippen LogP contribution in [0.25, 0.3) is 0 Å². The molecule has 0 atom stereocenters. The van der Waals surface area contributed by atoms with Crippen LogP contribution in [-0.2, 0) is 14.3 Å². The summed E-state index contributed by atoms with van der Waals surface area (Å²) >= 11 is 0. The van der Waals surface area contributed by atoms with Crippen LogP contribution >= 0.6 is 0 Å². The van der Waals surface area contributed by atoms with E-state index in [1.54, 1.807) is 14.0 Å². The second-order valence-electron chi connectivity index (χ2n) is 5.10. The first kappa shape index (κ1) is 15.0. The molecule has 0 radical (unpaired) electrons. The summed E-state index contributed by atoms with van der Waals surface area (Å²) in [5.41, 5.74) is 0. The molecule has 0 aromatic rings. The quantitative estimate of drug-likeness (QED) is 0.685. The maximum Gasteiger partial charge on any atom is 0.325 e. The van der Waals surface area contributed by atoms with Crippen molar-refractivity contribution in [1.82, 2.24) is 4.90 Å². The van der Waals surface area contributed by atoms with Crippen molar-refractivity contribution < 1.29 is 14.3 Å². The van der Waals surface area contributed by atoms with Gasteiger partial charge in [0, 0.05) is 13.5 Å². The smallest absolute Gasteiger partial charge is 0.325 e. The van der Waals surface area contributed by atoms with Crippen molar-refractivity contribution in [3.05, 3.63) is 0 Å². The molecule has 0 N–H and O–H groups in total. The summed E-state index contributed by atoms with van der Waals surface area (Å²) in [6.45, 7) is 2.20. The van der Waals surface area contributed by atoms with Gasteiger partial charge in [-0.25, -0.2) is 0 Å². The zero-order valence-corrected chi connectivity index (χ0v) is 11.6. The van der Waals surface area contributed by atoms with Crippen molar-refractivity contribution >= 4 is 11.9 Å². The van der Waals surface area contributed by atoms with Gasteiger partial charge in [-0.3, -0.25) is 9.59 Å². The molecule has 0 heterocycles. The van der Waals surface area contributed by atoms with Gasteiger partial charge in [0.2, 0.25) is 5.91 Å². The highest BCUT2D eigenvalue weighted by Gasteiger charge is 2.17. The lowest BCUT2D eigenvalue weighted by Gasteiger charge is -2.22. The maximum atomic E-state index is 11.8. The van der Waals surface area contributed by atoms with E-state index in [0.29, 0.717) is 18.9 Å². The summed E-state index contributed by atoms with van der Waals surface area (Å²) < 4.78 is 4.82. The SMILES string of the molecule is CCOC(=O)CN(C)C(=O)CCC1CCCCC1. The van der Waals surface area contributed by atoms with Crippen LogP contribution < -0.4 is 0 Å². The van der Waals surface area contributed by atoms with Crippen molar-refractivity contribution in [2.24, 2.45) is 5.92 Å². The lowest BCUT2D eigenvalue weighted by Crippen LogP contribution is -2.33. The van der Waals surface area contributed by atoms with Crippen LogP contribution in [0, 0.1) is 5.92 Å². The van der Waals surface area contributed by atoms with Gasteiger partial charge in [0.05, 0.1) is 6.61 Å². The van der Waals surface area contributed by atoms with E-state index in [4.69, 9.17) is 4.74 Å². The zero-order valence-electron chi connectivity index (χ0n) is 11.6. The largest absolute Gasteiger partial charge is 0.465 e. The molecule has 0 aliphatic heterocycles. The van der Waals surface area contributed by atoms with E-state index in [1.807, 2.05) is 0 Å². The van der Waals surface area contributed by atoms with Crippen molar-refractivity contribution in [2.45, 2.75) is 51.9 Å². The summed E-state index contributed by atoms with van der Waals surface area (Å²) in [5.74, 6) is 0.429. The molecule has 1 rings (SSSR count). The Morgan fingerprint density at radius 1 is 1.22 bits per heavy atom. The molecule has 0 saturated heterocycles. The lowest BCUT2D eigenvalue weighted by molar-refractivity contribution is -0.148. The number of ether oxygens (including phenoxy) is 1. The minimum Gasteiger partial charge on any atom is -0.465 e. The summed E-state index contributed by atoms with van der Waals surface area (Å²) in [7, 11) is 1.67. The second kappa shape index (κ2) is 8.11. The van der Waals surface area contributed by atoms with Crippen LogP contribution in [0.2, 0.25) is 0 Å². The number of carbonyl (C=O) groups is 2. The summed E-state index contributed by atoms with van der Waals surface area (Å²) in [4.78, 5) is 24.6. The third-order valence-corrected chi connectivity index (χ3v) is 3.59. The van der Waals surface area contributed by atoms with E-state index < -0.39 is 0 Å². The Labute approximate surface area is 110 Å². The number of hydrogen-bond acceptors (Lipinski definition) is 3. The third-order valence-electron chi connectivity index (χ3n) is 3.59. The number of nitrogens with zero attached hydrogens (tertiary/aromatic N) is 1. The fourth-order valence-electron chi connectivity index (χ4n) is 2.48. The first-order chi connectivity index (χ1) is 8.63. The Kier molecular flexibility index (Phi) is 6.76. The average Bonchev–Trinajstić information content (AvgIpc) is 2.37. The predicted octanol–water partition coefficient (Wildman–Crippen LogP) is 2.37. The van der Waals surface area contributed by atoms with E-state index in [1.165, 1.54) is 37.0 Å². The molecule has 1 saturated carbocycles. The molecular formula is C14H25NO3. The normalized spacial score (nSPS) is 16.3. The van der Waals surface area contributed by atoms with Gasteiger partial charge in [-0.2, -0.15) is 0 Å². The summed E-state index contributed by atoms with van der Waals surface area (Å²) in [6.07, 6.45) is 7.98. The topological polar surface area (TPSA) is 46.6 Å². The van der Waals surface area contributed by atoms with Crippen LogP contribution in [0.1, 0.15) is 51.9 Å². The second-order valence-corrected chi connectivity index (χ2v) is 5.10. The molecule has 0 aromatic carbocycles. The lowest BCUT2D eigenvalue weighted by atomic mass is 9.86. The maximum absolute atomic E-state index is 11.8. The molecule has 0 bridgehead atoms. The van der Waals surface area contributed by atoms with Crippen LogP contribution in [0.3, 0.4) is 0 Å². The molecule has 0 aromatic heterocycles. The highest BCUT2D eigenvalue weighted by Crippen LogP contribution is 2.27. The standard InChI is InChI=1S/C14H25NO3/c1-3-18-14(17)11-15(2)13(16)10-9-12-7-5-4-6-8-12/h12H,3-11H2,1-2H3. The minimum absolute atomic E-state index is 0.0497. The number of hydrogen-bond donors (Lipinski definition) is 0. The highest BCUT2D eigenvalue weighted by atomic mass is 16.5. The summed E-state index contributed by atoms with van der Waals surface area (Å²) in [6, 6.07) is 0. The summed E-state index contributed by atoms with van der Waals surface area (Å²) in [5, 5.41) is 0. The molecule has 18 heavy (non-hydrogen) atoms. The average molecular weight is 255 g/mol. The molecule has 0 unspecified atom stereocenters. The Morgan fingerprint density at radius 3 is 2.50 bits per heavy atom. The van der Waals surface area contributed by atoms with Crippen molar-refractivity contribution in [3.63, 3.8) is 0 Å². The fraction of sp³-hybridized carbons (Fsp3) is 0.857. The number of carbonyl (C=O) groups excluding carboxylic acids is 2. The molecule has 1 amide bonds. The van der Waals surface area contributed by atoms with Gasteiger partial charge >= 0.3 is 5.97 Å². The van der Waals surface area contributed by atoms with E-state index in [-0.39, 0.29) is 18.4 Å². The Hall–Kier alpha value is -1.06. The van der Waals surface area contributed by atoms with Crippen LogP contribution in [0.15, 0.2) is 0 Å². The Morgan fingerprint density at radius 2 is 1.89 bits per heavy atom. The van der Waals surface area contributed by atoms with Crippen molar-refractivity contribution in [3.8, 4) is 0 Å². The third kappa shape index (κ3) is 5.52. The first-order valence-corrected chi connectivity index (χ1v) is 7.03. The van der Waals surface area contributed by atoms with E-state index in [2.05, 4.69) is 0 Å². The minimum atomic E-state index is -0.328. The molecule has 1 aliphatic carbocycles. The van der Waals surface area contributed by atoms with Crippen LogP contribution in [0.4, 0.5) is 0 Å². The van der Waals surface area contributed by atoms with Gasteiger partial charge in [0.1, 0.15) is 6.54 Å². The molecule has 0 spiro atoms. The molecular weight excluding hydrogens is 230 g/mol. The number of amides is 1. The number of rotatable bonds is 6. The van der Waals surface area contributed by atoms with Crippen molar-refractivity contribution in [2.75, 3.05) is 20.2 Å². The van der Waals surface area contributed by atoms with E-state index >= 15 is 0 Å². The molecule has 1 fully saturated rings. The monoisotopic (exact) mass is 255 g/mol. The van der Waals surface area contributed by atoms with Gasteiger partial charge in [-0.05, 0) is 19.3 Å². The molecule has 104 valence electrons. The predicted molar refractivity (Wildman–Crippen MR) is 70.1 cm³/mol. The number of esters is 1. The van der Waals surface area contributed by atoms with Crippen molar-refractivity contribution in [1.29, 1.82) is 0 Å². The van der Waals surface area contributed by atoms with E-state index in [9.17, 15) is 9.59 Å². The Bertz CT molecular complexity index is 272. The van der Waals surface area contributed by atoms with Gasteiger partial charge in [0.15, 0.2) is 0 Å². The Balaban J connectivity index is 2.20. The number of likely N-dealkylation sites (N-methyl/N-ethyl adjacent to an activating group) is 1. The van der Waals surface area contributed by atoms with Gasteiger partial charge in [-0.15, -0.1) is 0 Å². The van der Waals surface area contributed by atoms with E-state index in [0.717, 1.165) is 6.42 Å². The van der Waals surface area contributed by atoms with Gasteiger partial charge in [-0.1, -0.05) is 32.1 Å². The fourth-order valence-corrected chi connectivity index (χ4v) is 2.48. The van der Waals surface area contributed by atoms with Crippen LogP contribution in [-0.4, -0.2) is 37.0 Å². The molecule has 4 nitrogen and oxygen atoms in total. The first-order valence-electron chi connectivity index (χ1n) is 7.03. The van der Waals surface area contributed by atoms with Crippen LogP contribution in [0.5, 0.6) is 0 Å². The zero-order chi connectivity index (χ0) is 13.4. The molecule has 4 heteroatoms. The van der Waals surface area contributed by atoms with Gasteiger partial charge < -0.3 is 9.64 Å².